The van der Waals surface area contributed by atoms with E-state index in [9.17, 15) is 4.39 Å². The molecule has 5 aromatic rings. The standard InChI is InChI=1S/C28H26F2N8O2/c1-39-27-22(13-23(30)28-36-35-25(40-28)16-37-9-2-3-10-37)26(31-17-32-27)34-21-7-8-24-19(12-21)14-33-38(24)15-18-5-4-6-20(29)11-18/h4-8,11-14,17H,2-3,9-10,15-16H2,1H3,(H,31,32,34)/b23-13-. The van der Waals surface area contributed by atoms with Crippen molar-refractivity contribution in [3.63, 3.8) is 0 Å². The first kappa shape index (κ1) is 25.6. The van der Waals surface area contributed by atoms with E-state index in [1.165, 1.54) is 31.6 Å². The molecule has 0 bridgehead atoms. The molecule has 0 amide bonds. The lowest BCUT2D eigenvalue weighted by Crippen LogP contribution is -2.18. The summed E-state index contributed by atoms with van der Waals surface area (Å²) in [5.74, 6) is -0.382. The van der Waals surface area contributed by atoms with Crippen molar-refractivity contribution in [1.82, 2.24) is 34.8 Å². The number of methoxy groups -OCH3 is 1. The average molecular weight is 545 g/mol. The van der Waals surface area contributed by atoms with Crippen LogP contribution in [0, 0.1) is 5.82 Å². The van der Waals surface area contributed by atoms with Crippen molar-refractivity contribution in [3.8, 4) is 5.88 Å². The van der Waals surface area contributed by atoms with Gasteiger partial charge in [0, 0.05) is 11.1 Å². The zero-order chi connectivity index (χ0) is 27.5. The Hall–Kier alpha value is -4.71. The number of ether oxygens (including phenoxy) is 1. The number of nitrogens with one attached hydrogen (secondary N) is 1. The highest BCUT2D eigenvalue weighted by molar-refractivity contribution is 5.86. The van der Waals surface area contributed by atoms with Gasteiger partial charge in [-0.2, -0.15) is 5.10 Å². The van der Waals surface area contributed by atoms with Crippen molar-refractivity contribution < 1.29 is 17.9 Å². The summed E-state index contributed by atoms with van der Waals surface area (Å²) in [4.78, 5) is 10.6. The first-order chi connectivity index (χ1) is 19.6. The molecule has 1 saturated heterocycles. The van der Waals surface area contributed by atoms with Crippen LogP contribution >= 0.6 is 0 Å². The van der Waals surface area contributed by atoms with Gasteiger partial charge in [-0.3, -0.25) is 9.58 Å². The van der Waals surface area contributed by atoms with Gasteiger partial charge in [-0.1, -0.05) is 12.1 Å². The summed E-state index contributed by atoms with van der Waals surface area (Å²) in [7, 11) is 1.45. The smallest absolute Gasteiger partial charge is 0.276 e. The van der Waals surface area contributed by atoms with Crippen LogP contribution in [-0.4, -0.2) is 55.0 Å². The first-order valence-electron chi connectivity index (χ1n) is 12.8. The Kier molecular flexibility index (Phi) is 7.15. The maximum absolute atomic E-state index is 15.3. The van der Waals surface area contributed by atoms with Crippen molar-refractivity contribution in [2.75, 3.05) is 25.5 Å². The molecule has 0 spiro atoms. The number of halogens is 2. The summed E-state index contributed by atoms with van der Waals surface area (Å²) in [6, 6.07) is 12.1. The predicted molar refractivity (Wildman–Crippen MR) is 145 cm³/mol. The minimum atomic E-state index is -0.731. The Morgan fingerprint density at radius 3 is 2.80 bits per heavy atom. The largest absolute Gasteiger partial charge is 0.480 e. The molecule has 0 radical (unpaired) electrons. The van der Waals surface area contributed by atoms with Crippen LogP contribution < -0.4 is 10.1 Å². The molecule has 0 saturated carbocycles. The van der Waals surface area contributed by atoms with Gasteiger partial charge < -0.3 is 14.5 Å². The molecule has 0 aliphatic carbocycles. The van der Waals surface area contributed by atoms with Gasteiger partial charge in [-0.05, 0) is 67.9 Å². The quantitative estimate of drug-likeness (QED) is 0.268. The van der Waals surface area contributed by atoms with E-state index in [0.717, 1.165) is 42.4 Å². The molecule has 1 N–H and O–H groups in total. The molecule has 1 aliphatic heterocycles. The molecule has 6 rings (SSSR count). The molecule has 12 heteroatoms. The fourth-order valence-electron chi connectivity index (χ4n) is 4.74. The van der Waals surface area contributed by atoms with Gasteiger partial charge in [0.25, 0.3) is 5.89 Å². The van der Waals surface area contributed by atoms with Crippen LogP contribution in [0.25, 0.3) is 22.8 Å². The third-order valence-corrected chi connectivity index (χ3v) is 6.67. The summed E-state index contributed by atoms with van der Waals surface area (Å²) in [6.07, 6.45) is 6.53. The Morgan fingerprint density at radius 1 is 1.10 bits per heavy atom. The van der Waals surface area contributed by atoms with Crippen LogP contribution in [0.1, 0.15) is 35.7 Å². The lowest BCUT2D eigenvalue weighted by molar-refractivity contribution is 0.289. The Morgan fingerprint density at radius 2 is 1.98 bits per heavy atom. The molecule has 3 aromatic heterocycles. The highest BCUT2D eigenvalue weighted by Crippen LogP contribution is 2.31. The average Bonchev–Trinajstić information content (AvgIpc) is 3.72. The van der Waals surface area contributed by atoms with E-state index in [0.29, 0.717) is 30.5 Å². The lowest BCUT2D eigenvalue weighted by Gasteiger charge is -2.12. The molecule has 40 heavy (non-hydrogen) atoms. The third kappa shape index (κ3) is 5.52. The first-order valence-corrected chi connectivity index (χ1v) is 12.8. The van der Waals surface area contributed by atoms with Crippen LogP contribution in [0.5, 0.6) is 5.88 Å². The Balaban J connectivity index is 1.24. The van der Waals surface area contributed by atoms with Crippen molar-refractivity contribution in [2.45, 2.75) is 25.9 Å². The van der Waals surface area contributed by atoms with E-state index < -0.39 is 5.83 Å². The second-order valence-electron chi connectivity index (χ2n) is 9.45. The molecule has 2 aromatic carbocycles. The topological polar surface area (TPSA) is 107 Å². The number of likely N-dealkylation sites (tertiary alicyclic amines) is 1. The molecule has 0 atom stereocenters. The van der Waals surface area contributed by atoms with Crippen LogP contribution in [0.2, 0.25) is 0 Å². The number of hydrogen-bond donors (Lipinski definition) is 1. The van der Waals surface area contributed by atoms with Gasteiger partial charge >= 0.3 is 0 Å². The second-order valence-corrected chi connectivity index (χ2v) is 9.45. The number of rotatable bonds is 9. The summed E-state index contributed by atoms with van der Waals surface area (Å²) in [5.41, 5.74) is 2.66. The van der Waals surface area contributed by atoms with E-state index in [4.69, 9.17) is 9.15 Å². The van der Waals surface area contributed by atoms with E-state index >= 15 is 4.39 Å². The van der Waals surface area contributed by atoms with Gasteiger partial charge in [0.15, 0.2) is 5.83 Å². The van der Waals surface area contributed by atoms with E-state index in [-0.39, 0.29) is 23.2 Å². The Bertz CT molecular complexity index is 1680. The van der Waals surface area contributed by atoms with Crippen molar-refractivity contribution >= 4 is 34.3 Å². The number of hydrogen-bond acceptors (Lipinski definition) is 9. The fourth-order valence-corrected chi connectivity index (χ4v) is 4.74. The molecule has 1 aliphatic rings. The molecule has 204 valence electrons. The lowest BCUT2D eigenvalue weighted by atomic mass is 10.2. The van der Waals surface area contributed by atoms with Crippen LogP contribution in [-0.2, 0) is 13.1 Å². The summed E-state index contributed by atoms with van der Waals surface area (Å²) in [6.45, 7) is 2.85. The maximum Gasteiger partial charge on any atom is 0.276 e. The monoisotopic (exact) mass is 544 g/mol. The highest BCUT2D eigenvalue weighted by atomic mass is 19.1. The van der Waals surface area contributed by atoms with Crippen molar-refractivity contribution in [3.05, 3.63) is 83.7 Å². The van der Waals surface area contributed by atoms with E-state index in [2.05, 4.69) is 35.5 Å². The summed E-state index contributed by atoms with van der Waals surface area (Å²) >= 11 is 0. The van der Waals surface area contributed by atoms with Gasteiger partial charge in [0.2, 0.25) is 11.8 Å². The van der Waals surface area contributed by atoms with E-state index in [1.807, 2.05) is 24.3 Å². The summed E-state index contributed by atoms with van der Waals surface area (Å²) < 4.78 is 41.6. The van der Waals surface area contributed by atoms with Gasteiger partial charge in [0.1, 0.15) is 18.0 Å². The van der Waals surface area contributed by atoms with Gasteiger partial charge in [0.05, 0.1) is 37.5 Å². The number of aromatic nitrogens is 6. The minimum Gasteiger partial charge on any atom is -0.480 e. The predicted octanol–water partition coefficient (Wildman–Crippen LogP) is 5.21. The maximum atomic E-state index is 15.3. The third-order valence-electron chi connectivity index (χ3n) is 6.67. The van der Waals surface area contributed by atoms with Gasteiger partial charge in [-0.25, -0.2) is 18.7 Å². The Labute approximate surface area is 228 Å². The fraction of sp³-hybridized carbons (Fsp3) is 0.250. The number of nitrogens with zero attached hydrogens (tertiary/aromatic N) is 7. The molecular weight excluding hydrogens is 518 g/mol. The summed E-state index contributed by atoms with van der Waals surface area (Å²) in [5, 5.41) is 16.4. The number of benzene rings is 2. The van der Waals surface area contributed by atoms with Crippen LogP contribution in [0.4, 0.5) is 20.3 Å². The molecule has 4 heterocycles. The van der Waals surface area contributed by atoms with Crippen molar-refractivity contribution in [2.24, 2.45) is 0 Å². The van der Waals surface area contributed by atoms with Gasteiger partial charge in [-0.15, -0.1) is 10.2 Å². The highest BCUT2D eigenvalue weighted by Gasteiger charge is 2.19. The zero-order valence-electron chi connectivity index (χ0n) is 21.7. The minimum absolute atomic E-state index is 0.174. The number of fused-ring (bicyclic) bond motifs is 1. The normalized spacial score (nSPS) is 14.2. The van der Waals surface area contributed by atoms with Crippen molar-refractivity contribution in [1.29, 1.82) is 0 Å². The second kappa shape index (κ2) is 11.2. The molecule has 10 nitrogen and oxygen atoms in total. The van der Waals surface area contributed by atoms with Crippen LogP contribution in [0.15, 0.2) is 59.4 Å². The van der Waals surface area contributed by atoms with Crippen LogP contribution in [0.3, 0.4) is 0 Å². The SMILES string of the molecule is COc1ncnc(Nc2ccc3c(cnn3Cc3cccc(F)c3)c2)c1/C=C(\F)c1nnc(CN2CCCC2)o1. The number of anilines is 2. The molecule has 0 unspecified atom stereocenters. The zero-order valence-corrected chi connectivity index (χ0v) is 21.7. The molecule has 1 fully saturated rings. The van der Waals surface area contributed by atoms with E-state index in [1.54, 1.807) is 16.9 Å². The molecular formula is C28H26F2N8O2.